The van der Waals surface area contributed by atoms with Crippen LogP contribution < -0.4 is 5.73 Å². The Balaban J connectivity index is 0.00000264. The van der Waals surface area contributed by atoms with Gasteiger partial charge in [0.2, 0.25) is 5.91 Å². The molecule has 0 saturated carbocycles. The van der Waals surface area contributed by atoms with Crippen molar-refractivity contribution in [1.82, 2.24) is 4.90 Å². The number of benzene rings is 1. The van der Waals surface area contributed by atoms with Crippen molar-refractivity contribution in [2.45, 2.75) is 32.8 Å². The fourth-order valence-corrected chi connectivity index (χ4v) is 3.07. The molecule has 23 heavy (non-hydrogen) atoms. The smallest absolute Gasteiger partial charge is 0.228 e. The van der Waals surface area contributed by atoms with Crippen LogP contribution in [0.1, 0.15) is 38.4 Å². The summed E-state index contributed by atoms with van der Waals surface area (Å²) in [7, 11) is 1.87. The number of hydrogen-bond acceptors (Lipinski definition) is 3. The van der Waals surface area contributed by atoms with Crippen LogP contribution in [-0.2, 0) is 9.53 Å². The zero-order valence-electron chi connectivity index (χ0n) is 14.3. The highest BCUT2D eigenvalue weighted by Crippen LogP contribution is 2.35. The van der Waals surface area contributed by atoms with Gasteiger partial charge in [-0.3, -0.25) is 4.79 Å². The molecule has 0 aromatic heterocycles. The fourth-order valence-electron chi connectivity index (χ4n) is 3.07. The Labute approximate surface area is 145 Å². The number of carbonyl (C=O) groups excluding carboxylic acids is 1. The molecule has 1 aliphatic rings. The van der Waals surface area contributed by atoms with E-state index in [9.17, 15) is 4.79 Å². The van der Waals surface area contributed by atoms with Gasteiger partial charge in [-0.15, -0.1) is 12.4 Å². The summed E-state index contributed by atoms with van der Waals surface area (Å²) >= 11 is 0. The van der Waals surface area contributed by atoms with Crippen molar-refractivity contribution in [2.75, 3.05) is 26.7 Å². The Morgan fingerprint density at radius 1 is 1.35 bits per heavy atom. The number of nitrogens with zero attached hydrogens (tertiary/aromatic N) is 1. The average Bonchev–Trinajstić information content (AvgIpc) is 2.54. The van der Waals surface area contributed by atoms with Crippen molar-refractivity contribution in [3.05, 3.63) is 35.9 Å². The molecular formula is C18H29ClN2O2. The number of hydrogen-bond donors (Lipinski definition) is 1. The van der Waals surface area contributed by atoms with Crippen molar-refractivity contribution in [3.63, 3.8) is 0 Å². The highest BCUT2D eigenvalue weighted by molar-refractivity contribution is 5.85. The summed E-state index contributed by atoms with van der Waals surface area (Å²) in [6, 6.07) is 10.1. The number of halogens is 1. The Bertz CT molecular complexity index is 493. The van der Waals surface area contributed by atoms with E-state index in [-0.39, 0.29) is 35.8 Å². The molecule has 1 heterocycles. The molecule has 1 fully saturated rings. The molecule has 0 radical (unpaired) electrons. The van der Waals surface area contributed by atoms with E-state index >= 15 is 0 Å². The van der Waals surface area contributed by atoms with E-state index in [1.807, 2.05) is 42.3 Å². The summed E-state index contributed by atoms with van der Waals surface area (Å²) in [6.45, 7) is 6.13. The van der Waals surface area contributed by atoms with Gasteiger partial charge in [-0.05, 0) is 30.4 Å². The van der Waals surface area contributed by atoms with Crippen molar-refractivity contribution in [2.24, 2.45) is 17.1 Å². The van der Waals surface area contributed by atoms with Gasteiger partial charge in [-0.25, -0.2) is 0 Å². The van der Waals surface area contributed by atoms with Gasteiger partial charge in [0.25, 0.3) is 0 Å². The minimum absolute atomic E-state index is 0. The predicted octanol–water partition coefficient (Wildman–Crippen LogP) is 3.02. The van der Waals surface area contributed by atoms with Crippen LogP contribution >= 0.6 is 12.4 Å². The minimum Gasteiger partial charge on any atom is -0.373 e. The van der Waals surface area contributed by atoms with Crippen LogP contribution in [0.3, 0.4) is 0 Å². The molecule has 1 amide bonds. The lowest BCUT2D eigenvalue weighted by atomic mass is 9.87. The molecule has 0 aliphatic carbocycles. The summed E-state index contributed by atoms with van der Waals surface area (Å²) in [5.41, 5.74) is 6.81. The summed E-state index contributed by atoms with van der Waals surface area (Å²) in [5.74, 6) is 0.0600. The van der Waals surface area contributed by atoms with Crippen molar-refractivity contribution < 1.29 is 9.53 Å². The highest BCUT2D eigenvalue weighted by atomic mass is 35.5. The summed E-state index contributed by atoms with van der Waals surface area (Å²) in [6.07, 6.45) is 1.69. The molecule has 4 nitrogen and oxygen atoms in total. The van der Waals surface area contributed by atoms with Gasteiger partial charge in [0.05, 0.1) is 12.0 Å². The van der Waals surface area contributed by atoms with Crippen molar-refractivity contribution >= 4 is 18.3 Å². The standard InChI is InChI=1S/C18H28N2O2.ClH/c1-18(2,12-19)13-20(3)17(21)15-10-7-11-22-16(15)14-8-5-4-6-9-14;/h4-6,8-9,15-16H,7,10-13,19H2,1-3H3;1H. The first kappa shape index (κ1) is 19.9. The summed E-state index contributed by atoms with van der Waals surface area (Å²) in [4.78, 5) is 14.7. The molecule has 5 heteroatoms. The van der Waals surface area contributed by atoms with Gasteiger partial charge < -0.3 is 15.4 Å². The molecule has 2 atom stereocenters. The highest BCUT2D eigenvalue weighted by Gasteiger charge is 2.35. The molecule has 2 N–H and O–H groups in total. The third-order valence-electron chi connectivity index (χ3n) is 4.36. The molecular weight excluding hydrogens is 312 g/mol. The van der Waals surface area contributed by atoms with Crippen molar-refractivity contribution in [3.8, 4) is 0 Å². The van der Waals surface area contributed by atoms with Gasteiger partial charge in [0.1, 0.15) is 0 Å². The molecule has 0 bridgehead atoms. The Morgan fingerprint density at radius 3 is 2.61 bits per heavy atom. The zero-order chi connectivity index (χ0) is 16.2. The molecule has 1 saturated heterocycles. The lowest BCUT2D eigenvalue weighted by Gasteiger charge is -2.36. The second-order valence-corrected chi connectivity index (χ2v) is 7.01. The topological polar surface area (TPSA) is 55.6 Å². The van der Waals surface area contributed by atoms with Gasteiger partial charge in [-0.1, -0.05) is 44.2 Å². The van der Waals surface area contributed by atoms with E-state index in [0.29, 0.717) is 13.1 Å². The number of nitrogens with two attached hydrogens (primary N) is 1. The van der Waals surface area contributed by atoms with Crippen LogP contribution in [0, 0.1) is 11.3 Å². The van der Waals surface area contributed by atoms with Crippen molar-refractivity contribution in [1.29, 1.82) is 0 Å². The van der Waals surface area contributed by atoms with Crippen LogP contribution in [0.25, 0.3) is 0 Å². The third kappa shape index (κ3) is 5.20. The minimum atomic E-state index is -0.133. The van der Waals surface area contributed by atoms with E-state index < -0.39 is 0 Å². The first-order valence-electron chi connectivity index (χ1n) is 8.06. The fraction of sp³-hybridized carbons (Fsp3) is 0.611. The molecule has 1 aromatic carbocycles. The summed E-state index contributed by atoms with van der Waals surface area (Å²) < 4.78 is 5.93. The van der Waals surface area contributed by atoms with Gasteiger partial charge in [0.15, 0.2) is 0 Å². The third-order valence-corrected chi connectivity index (χ3v) is 4.36. The SMILES string of the molecule is CN(CC(C)(C)CN)C(=O)C1CCCOC1c1ccccc1.Cl. The molecule has 1 aromatic rings. The van der Waals surface area contributed by atoms with E-state index in [4.69, 9.17) is 10.5 Å². The quantitative estimate of drug-likeness (QED) is 0.896. The number of amides is 1. The van der Waals surface area contributed by atoms with Crippen LogP contribution in [0.4, 0.5) is 0 Å². The lowest BCUT2D eigenvalue weighted by molar-refractivity contribution is -0.145. The largest absolute Gasteiger partial charge is 0.373 e. The second-order valence-electron chi connectivity index (χ2n) is 7.01. The maximum atomic E-state index is 12.9. The zero-order valence-corrected chi connectivity index (χ0v) is 15.1. The number of rotatable bonds is 5. The molecule has 0 spiro atoms. The number of ether oxygens (including phenoxy) is 1. The van der Waals surface area contributed by atoms with Gasteiger partial charge in [-0.2, -0.15) is 0 Å². The van der Waals surface area contributed by atoms with Gasteiger partial charge in [0, 0.05) is 20.2 Å². The first-order valence-corrected chi connectivity index (χ1v) is 8.06. The van der Waals surface area contributed by atoms with E-state index in [2.05, 4.69) is 13.8 Å². The molecule has 130 valence electrons. The lowest BCUT2D eigenvalue weighted by Crippen LogP contribution is -2.44. The average molecular weight is 341 g/mol. The molecule has 2 rings (SSSR count). The Morgan fingerprint density at radius 2 is 2.00 bits per heavy atom. The van der Waals surface area contributed by atoms with Crippen LogP contribution in [0.15, 0.2) is 30.3 Å². The number of carbonyl (C=O) groups is 1. The monoisotopic (exact) mass is 340 g/mol. The summed E-state index contributed by atoms with van der Waals surface area (Å²) in [5, 5.41) is 0. The Kier molecular flexibility index (Phi) is 7.52. The van der Waals surface area contributed by atoms with E-state index in [1.165, 1.54) is 0 Å². The van der Waals surface area contributed by atoms with E-state index in [1.54, 1.807) is 0 Å². The first-order chi connectivity index (χ1) is 10.4. The normalized spacial score (nSPS) is 21.4. The maximum Gasteiger partial charge on any atom is 0.228 e. The molecule has 1 aliphatic heterocycles. The van der Waals surface area contributed by atoms with Crippen LogP contribution in [-0.4, -0.2) is 37.6 Å². The van der Waals surface area contributed by atoms with E-state index in [0.717, 1.165) is 25.0 Å². The van der Waals surface area contributed by atoms with Crippen LogP contribution in [0.5, 0.6) is 0 Å². The molecule has 2 unspecified atom stereocenters. The maximum absolute atomic E-state index is 12.9. The van der Waals surface area contributed by atoms with Gasteiger partial charge >= 0.3 is 0 Å². The van der Waals surface area contributed by atoms with Crippen LogP contribution in [0.2, 0.25) is 0 Å². The second kappa shape index (κ2) is 8.67. The predicted molar refractivity (Wildman–Crippen MR) is 95.6 cm³/mol. The Hall–Kier alpha value is -1.10.